The maximum Gasteiger partial charge on any atom is 0.0827 e. The van der Waals surface area contributed by atoms with E-state index in [9.17, 15) is 5.11 Å². The fraction of sp³-hybridized carbons (Fsp3) is 0.647. The van der Waals surface area contributed by atoms with Crippen molar-refractivity contribution < 1.29 is 5.11 Å². The van der Waals surface area contributed by atoms with Gasteiger partial charge in [-0.15, -0.1) is 0 Å². The first-order chi connectivity index (χ1) is 9.58. The van der Waals surface area contributed by atoms with Gasteiger partial charge in [0.1, 0.15) is 0 Å². The summed E-state index contributed by atoms with van der Waals surface area (Å²) in [5.74, 6) is 0.803. The molecule has 112 valence electrons. The standard InChI is InChI=1S/C17H28N2O/c1-13(2)15-4-6-16(7-5-15)17(20)14(3)12-19-10-8-18-9-11-19/h4-7,13-14,17-18,20H,8-12H2,1-3H3. The van der Waals surface area contributed by atoms with Gasteiger partial charge in [-0.05, 0) is 23.0 Å². The van der Waals surface area contributed by atoms with Gasteiger partial charge in [0, 0.05) is 32.7 Å². The molecule has 0 aliphatic carbocycles. The van der Waals surface area contributed by atoms with Crippen LogP contribution in [0.15, 0.2) is 24.3 Å². The lowest BCUT2D eigenvalue weighted by atomic mass is 9.94. The van der Waals surface area contributed by atoms with E-state index in [1.807, 2.05) is 0 Å². The molecule has 2 unspecified atom stereocenters. The fourth-order valence-corrected chi connectivity index (χ4v) is 2.81. The molecule has 0 radical (unpaired) electrons. The maximum atomic E-state index is 10.5. The molecule has 2 N–H and O–H groups in total. The van der Waals surface area contributed by atoms with Crippen LogP contribution in [0.3, 0.4) is 0 Å². The molecule has 0 bridgehead atoms. The Kier molecular flexibility index (Phi) is 5.58. The molecular formula is C17H28N2O. The van der Waals surface area contributed by atoms with Crippen LogP contribution in [-0.2, 0) is 0 Å². The molecule has 0 spiro atoms. The Balaban J connectivity index is 1.93. The molecule has 1 heterocycles. The molecule has 1 fully saturated rings. The van der Waals surface area contributed by atoms with Crippen molar-refractivity contribution in [3.05, 3.63) is 35.4 Å². The van der Waals surface area contributed by atoms with Gasteiger partial charge in [-0.3, -0.25) is 0 Å². The highest BCUT2D eigenvalue weighted by molar-refractivity contribution is 5.26. The Labute approximate surface area is 123 Å². The first kappa shape index (κ1) is 15.5. The van der Waals surface area contributed by atoms with Crippen LogP contribution in [0, 0.1) is 5.92 Å². The van der Waals surface area contributed by atoms with E-state index in [2.05, 4.69) is 55.3 Å². The summed E-state index contributed by atoms with van der Waals surface area (Å²) >= 11 is 0. The zero-order valence-electron chi connectivity index (χ0n) is 13.0. The van der Waals surface area contributed by atoms with Crippen molar-refractivity contribution in [2.24, 2.45) is 5.92 Å². The molecule has 3 nitrogen and oxygen atoms in total. The number of rotatable bonds is 5. The average molecular weight is 276 g/mol. The summed E-state index contributed by atoms with van der Waals surface area (Å²) in [6.07, 6.45) is -0.369. The lowest BCUT2D eigenvalue weighted by Crippen LogP contribution is -2.45. The quantitative estimate of drug-likeness (QED) is 0.867. The second-order valence-electron chi connectivity index (χ2n) is 6.29. The van der Waals surface area contributed by atoms with Gasteiger partial charge >= 0.3 is 0 Å². The van der Waals surface area contributed by atoms with E-state index in [4.69, 9.17) is 0 Å². The summed E-state index contributed by atoms with van der Waals surface area (Å²) in [7, 11) is 0. The van der Waals surface area contributed by atoms with Crippen LogP contribution >= 0.6 is 0 Å². The minimum atomic E-state index is -0.369. The Hall–Kier alpha value is -0.900. The largest absolute Gasteiger partial charge is 0.388 e. The smallest absolute Gasteiger partial charge is 0.0827 e. The summed E-state index contributed by atoms with van der Waals surface area (Å²) in [4.78, 5) is 2.44. The highest BCUT2D eigenvalue weighted by atomic mass is 16.3. The number of hydrogen-bond donors (Lipinski definition) is 2. The van der Waals surface area contributed by atoms with E-state index in [1.54, 1.807) is 0 Å². The van der Waals surface area contributed by atoms with Gasteiger partial charge in [0.05, 0.1) is 6.10 Å². The van der Waals surface area contributed by atoms with E-state index >= 15 is 0 Å². The first-order valence-corrected chi connectivity index (χ1v) is 7.79. The number of aliphatic hydroxyl groups is 1. The summed E-state index contributed by atoms with van der Waals surface area (Å²) in [6.45, 7) is 11.8. The fourth-order valence-electron chi connectivity index (χ4n) is 2.81. The van der Waals surface area contributed by atoms with Crippen molar-refractivity contribution in [1.82, 2.24) is 10.2 Å². The highest BCUT2D eigenvalue weighted by Gasteiger charge is 2.20. The first-order valence-electron chi connectivity index (χ1n) is 7.79. The van der Waals surface area contributed by atoms with E-state index in [0.717, 1.165) is 38.3 Å². The van der Waals surface area contributed by atoms with E-state index in [1.165, 1.54) is 5.56 Å². The van der Waals surface area contributed by atoms with E-state index in [0.29, 0.717) is 5.92 Å². The molecule has 1 aliphatic heterocycles. The Morgan fingerprint density at radius 3 is 2.15 bits per heavy atom. The van der Waals surface area contributed by atoms with Gasteiger partial charge in [-0.1, -0.05) is 45.0 Å². The minimum absolute atomic E-state index is 0.262. The third-order valence-corrected chi connectivity index (χ3v) is 4.24. The van der Waals surface area contributed by atoms with Crippen LogP contribution in [0.25, 0.3) is 0 Å². The van der Waals surface area contributed by atoms with Crippen molar-refractivity contribution in [1.29, 1.82) is 0 Å². The number of hydrogen-bond acceptors (Lipinski definition) is 3. The number of nitrogens with zero attached hydrogens (tertiary/aromatic N) is 1. The molecule has 0 aromatic heterocycles. The van der Waals surface area contributed by atoms with E-state index < -0.39 is 0 Å². The van der Waals surface area contributed by atoms with Gasteiger partial charge in [0.2, 0.25) is 0 Å². The van der Waals surface area contributed by atoms with Gasteiger partial charge in [0.15, 0.2) is 0 Å². The minimum Gasteiger partial charge on any atom is -0.388 e. The van der Waals surface area contributed by atoms with Crippen molar-refractivity contribution in [3.8, 4) is 0 Å². The number of aliphatic hydroxyl groups excluding tert-OH is 1. The maximum absolute atomic E-state index is 10.5. The monoisotopic (exact) mass is 276 g/mol. The Morgan fingerprint density at radius 2 is 1.60 bits per heavy atom. The molecule has 1 saturated heterocycles. The van der Waals surface area contributed by atoms with Gasteiger partial charge in [-0.2, -0.15) is 0 Å². The molecule has 20 heavy (non-hydrogen) atoms. The topological polar surface area (TPSA) is 35.5 Å². The third-order valence-electron chi connectivity index (χ3n) is 4.24. The molecule has 3 heteroatoms. The van der Waals surface area contributed by atoms with Crippen LogP contribution in [0.2, 0.25) is 0 Å². The Bertz CT molecular complexity index is 396. The third kappa shape index (κ3) is 4.05. The molecule has 2 atom stereocenters. The van der Waals surface area contributed by atoms with Gasteiger partial charge in [-0.25, -0.2) is 0 Å². The van der Waals surface area contributed by atoms with Crippen LogP contribution < -0.4 is 5.32 Å². The van der Waals surface area contributed by atoms with Crippen molar-refractivity contribution in [3.63, 3.8) is 0 Å². The SMILES string of the molecule is CC(C)c1ccc(C(O)C(C)CN2CCNCC2)cc1. The van der Waals surface area contributed by atoms with Crippen LogP contribution in [0.4, 0.5) is 0 Å². The second-order valence-corrected chi connectivity index (χ2v) is 6.29. The summed E-state index contributed by atoms with van der Waals surface area (Å²) < 4.78 is 0. The van der Waals surface area contributed by atoms with Gasteiger partial charge < -0.3 is 15.3 Å². The lowest BCUT2D eigenvalue weighted by molar-refractivity contribution is 0.0842. The molecule has 2 rings (SSSR count). The average Bonchev–Trinajstić information content (AvgIpc) is 2.47. The zero-order valence-corrected chi connectivity index (χ0v) is 13.0. The number of benzene rings is 1. The van der Waals surface area contributed by atoms with Crippen molar-refractivity contribution in [2.75, 3.05) is 32.7 Å². The molecule has 1 aliphatic rings. The molecular weight excluding hydrogens is 248 g/mol. The van der Waals surface area contributed by atoms with E-state index in [-0.39, 0.29) is 12.0 Å². The highest BCUT2D eigenvalue weighted by Crippen LogP contribution is 2.24. The molecule has 0 amide bonds. The van der Waals surface area contributed by atoms with Crippen LogP contribution in [-0.4, -0.2) is 42.7 Å². The number of piperazine rings is 1. The van der Waals surface area contributed by atoms with Crippen LogP contribution in [0.1, 0.15) is 43.9 Å². The van der Waals surface area contributed by atoms with Crippen molar-refractivity contribution in [2.45, 2.75) is 32.8 Å². The normalized spacial score (nSPS) is 20.1. The van der Waals surface area contributed by atoms with Crippen molar-refractivity contribution >= 4 is 0 Å². The molecule has 0 saturated carbocycles. The summed E-state index contributed by atoms with van der Waals surface area (Å²) in [5, 5.41) is 13.9. The molecule has 1 aromatic rings. The van der Waals surface area contributed by atoms with Crippen LogP contribution in [0.5, 0.6) is 0 Å². The molecule has 1 aromatic carbocycles. The Morgan fingerprint density at radius 1 is 1.05 bits per heavy atom. The zero-order chi connectivity index (χ0) is 14.5. The predicted molar refractivity (Wildman–Crippen MR) is 84.0 cm³/mol. The lowest BCUT2D eigenvalue weighted by Gasteiger charge is -2.31. The number of nitrogens with one attached hydrogen (secondary N) is 1. The second kappa shape index (κ2) is 7.21. The summed E-state index contributed by atoms with van der Waals surface area (Å²) in [6, 6.07) is 8.43. The van der Waals surface area contributed by atoms with Gasteiger partial charge in [0.25, 0.3) is 0 Å². The summed E-state index contributed by atoms with van der Waals surface area (Å²) in [5.41, 5.74) is 2.37. The predicted octanol–water partition coefficient (Wildman–Crippen LogP) is 2.38.